The fourth-order valence-corrected chi connectivity index (χ4v) is 5.79. The molecule has 0 aromatic carbocycles. The average Bonchev–Trinajstić information content (AvgIpc) is 3.38. The third-order valence-electron chi connectivity index (χ3n) is 5.15. The highest BCUT2D eigenvalue weighted by molar-refractivity contribution is 7.93. The number of hydrogen-bond donors (Lipinski definition) is 1. The highest BCUT2D eigenvalue weighted by Gasteiger charge is 2.43. The lowest BCUT2D eigenvalue weighted by molar-refractivity contribution is -0.117. The molecule has 1 N–H and O–H groups in total. The first-order valence-corrected chi connectivity index (χ1v) is 10.9. The molecular formula is C17H22N4O5S. The molecule has 0 radical (unpaired) electrons. The predicted octanol–water partition coefficient (Wildman–Crippen LogP) is 0.713. The Labute approximate surface area is 157 Å². The van der Waals surface area contributed by atoms with Crippen molar-refractivity contribution in [2.75, 3.05) is 37.8 Å². The van der Waals surface area contributed by atoms with Gasteiger partial charge in [-0.05, 0) is 18.9 Å². The van der Waals surface area contributed by atoms with Crippen LogP contribution < -0.4 is 0 Å². The van der Waals surface area contributed by atoms with Crippen LogP contribution in [0.25, 0.3) is 0 Å². The van der Waals surface area contributed by atoms with E-state index in [-0.39, 0.29) is 23.2 Å². The summed E-state index contributed by atoms with van der Waals surface area (Å²) in [5.74, 6) is 0.343. The van der Waals surface area contributed by atoms with Crippen LogP contribution in [-0.2, 0) is 24.0 Å². The number of morpholine rings is 1. The first kappa shape index (κ1) is 18.2. The van der Waals surface area contributed by atoms with Crippen molar-refractivity contribution in [1.82, 2.24) is 14.9 Å². The molecule has 0 bridgehead atoms. The van der Waals surface area contributed by atoms with Crippen LogP contribution in [0.5, 0.6) is 0 Å². The number of ether oxygens (including phenoxy) is 2. The summed E-state index contributed by atoms with van der Waals surface area (Å²) in [7, 11) is -2.63. The third-order valence-corrected chi connectivity index (χ3v) is 7.34. The van der Waals surface area contributed by atoms with Gasteiger partial charge in [-0.15, -0.1) is 0 Å². The lowest BCUT2D eigenvalue weighted by Gasteiger charge is -2.45. The van der Waals surface area contributed by atoms with Crippen LogP contribution in [0.3, 0.4) is 0 Å². The topological polar surface area (TPSA) is 114 Å². The highest BCUT2D eigenvalue weighted by atomic mass is 32.2. The van der Waals surface area contributed by atoms with Gasteiger partial charge in [-0.1, -0.05) is 0 Å². The quantitative estimate of drug-likeness (QED) is 0.790. The summed E-state index contributed by atoms with van der Waals surface area (Å²) < 4.78 is 28.1. The van der Waals surface area contributed by atoms with E-state index in [4.69, 9.17) is 9.47 Å². The molecule has 146 valence electrons. The number of H-pyrrole nitrogens is 1. The number of carbonyl (C=O) groups excluding carboxylic acids is 2. The Morgan fingerprint density at radius 3 is 2.78 bits per heavy atom. The second-order valence-electron chi connectivity index (χ2n) is 6.98. The summed E-state index contributed by atoms with van der Waals surface area (Å²) in [5.41, 5.74) is -0.539. The van der Waals surface area contributed by atoms with Crippen LogP contribution in [0.15, 0.2) is 28.6 Å². The van der Waals surface area contributed by atoms with Crippen molar-refractivity contribution < 1.29 is 23.3 Å². The maximum atomic E-state index is 13.0. The third kappa shape index (κ3) is 3.77. The van der Waals surface area contributed by atoms with Gasteiger partial charge in [0.15, 0.2) is 11.6 Å². The van der Waals surface area contributed by atoms with Crippen molar-refractivity contribution in [1.29, 1.82) is 0 Å². The zero-order valence-electron chi connectivity index (χ0n) is 14.9. The number of carbonyl (C=O) groups is 2. The largest absolute Gasteiger partial charge is 0.488 e. The molecule has 4 heterocycles. The zero-order valence-corrected chi connectivity index (χ0v) is 15.7. The molecule has 9 nitrogen and oxygen atoms in total. The monoisotopic (exact) mass is 394 g/mol. The molecule has 4 rings (SSSR count). The van der Waals surface area contributed by atoms with Crippen LogP contribution in [0.2, 0.25) is 0 Å². The molecule has 10 heteroatoms. The lowest BCUT2D eigenvalue weighted by Crippen LogP contribution is -2.56. The van der Waals surface area contributed by atoms with Crippen molar-refractivity contribution in [2.24, 2.45) is 4.36 Å². The SMILES string of the molecule is O=C(N=S1(=O)CCC2(CC1)CN(C(=O)c1ncc[nH]1)CCO2)C1=CCCO1. The van der Waals surface area contributed by atoms with Crippen LogP contribution in [0.1, 0.15) is 29.9 Å². The van der Waals surface area contributed by atoms with Gasteiger partial charge in [-0.2, -0.15) is 4.36 Å². The summed E-state index contributed by atoms with van der Waals surface area (Å²) >= 11 is 0. The minimum Gasteiger partial charge on any atom is -0.488 e. The lowest BCUT2D eigenvalue weighted by atomic mass is 9.94. The molecule has 1 aromatic heterocycles. The number of nitrogens with one attached hydrogen (secondary N) is 1. The number of aromatic amines is 1. The molecule has 27 heavy (non-hydrogen) atoms. The molecule has 0 aliphatic carbocycles. The minimum absolute atomic E-state index is 0.167. The summed E-state index contributed by atoms with van der Waals surface area (Å²) in [4.78, 5) is 33.2. The number of aromatic nitrogens is 2. The maximum absolute atomic E-state index is 13.0. The Balaban J connectivity index is 1.43. The molecule has 3 aliphatic rings. The van der Waals surface area contributed by atoms with E-state index in [0.717, 1.165) is 0 Å². The Morgan fingerprint density at radius 2 is 2.11 bits per heavy atom. The first-order chi connectivity index (χ1) is 13.0. The molecule has 1 spiro atoms. The van der Waals surface area contributed by atoms with E-state index in [1.54, 1.807) is 23.4 Å². The Kier molecular flexibility index (Phi) is 4.77. The van der Waals surface area contributed by atoms with Crippen molar-refractivity contribution >= 4 is 21.5 Å². The van der Waals surface area contributed by atoms with Crippen LogP contribution in [0, 0.1) is 0 Å². The van der Waals surface area contributed by atoms with Crippen LogP contribution in [0.4, 0.5) is 0 Å². The molecule has 2 amide bonds. The van der Waals surface area contributed by atoms with E-state index in [1.807, 2.05) is 0 Å². The van der Waals surface area contributed by atoms with Crippen molar-refractivity contribution in [3.8, 4) is 0 Å². The normalized spacial score (nSPS) is 30.7. The zero-order chi connectivity index (χ0) is 18.9. The molecule has 0 unspecified atom stereocenters. The van der Waals surface area contributed by atoms with Crippen molar-refractivity contribution in [2.45, 2.75) is 24.9 Å². The van der Waals surface area contributed by atoms with Gasteiger partial charge in [0.1, 0.15) is 0 Å². The molecular weight excluding hydrogens is 372 g/mol. The van der Waals surface area contributed by atoms with Gasteiger partial charge in [0.25, 0.3) is 5.91 Å². The van der Waals surface area contributed by atoms with Gasteiger partial charge in [0.05, 0.1) is 35.1 Å². The summed E-state index contributed by atoms with van der Waals surface area (Å²) in [5, 5.41) is 0. The number of amides is 2. The summed E-state index contributed by atoms with van der Waals surface area (Å²) in [6, 6.07) is 0. The molecule has 0 saturated carbocycles. The smallest absolute Gasteiger partial charge is 0.319 e. The minimum atomic E-state index is -2.63. The molecule has 0 atom stereocenters. The van der Waals surface area contributed by atoms with E-state index in [1.165, 1.54) is 0 Å². The van der Waals surface area contributed by atoms with Gasteiger partial charge in [0.2, 0.25) is 0 Å². The summed E-state index contributed by atoms with van der Waals surface area (Å²) in [6.45, 7) is 1.80. The van der Waals surface area contributed by atoms with Gasteiger partial charge >= 0.3 is 5.91 Å². The Bertz CT molecular complexity index is 871. The second kappa shape index (κ2) is 7.08. The van der Waals surface area contributed by atoms with Gasteiger partial charge in [0, 0.05) is 36.9 Å². The number of hydrogen-bond acceptors (Lipinski definition) is 6. The molecule has 1 aromatic rings. The standard InChI is InChI=1S/C17H22N4O5S/c22-15(13-2-1-8-25-13)20-27(24)10-3-17(4-11-27)12-21(7-9-26-17)16(23)14-18-5-6-19-14/h2,5-6H,1,3-4,7-12H2,(H,18,19). The first-order valence-electron chi connectivity index (χ1n) is 9.01. The average molecular weight is 394 g/mol. The fourth-order valence-electron chi connectivity index (χ4n) is 3.62. The van der Waals surface area contributed by atoms with E-state index < -0.39 is 21.2 Å². The number of rotatable bonds is 2. The van der Waals surface area contributed by atoms with Gasteiger partial charge in [-0.3, -0.25) is 9.59 Å². The maximum Gasteiger partial charge on any atom is 0.319 e. The van der Waals surface area contributed by atoms with E-state index in [2.05, 4.69) is 14.3 Å². The fraction of sp³-hybridized carbons (Fsp3) is 0.588. The van der Waals surface area contributed by atoms with E-state index in [0.29, 0.717) is 51.4 Å². The Hall–Kier alpha value is -2.20. The van der Waals surface area contributed by atoms with E-state index in [9.17, 15) is 13.8 Å². The Morgan fingerprint density at radius 1 is 1.30 bits per heavy atom. The second-order valence-corrected chi connectivity index (χ2v) is 9.52. The molecule has 2 fully saturated rings. The van der Waals surface area contributed by atoms with Crippen LogP contribution >= 0.6 is 0 Å². The molecule has 2 saturated heterocycles. The number of nitrogens with zero attached hydrogens (tertiary/aromatic N) is 3. The van der Waals surface area contributed by atoms with Gasteiger partial charge in [-0.25, -0.2) is 9.19 Å². The van der Waals surface area contributed by atoms with Crippen molar-refractivity contribution in [3.05, 3.63) is 30.1 Å². The number of imidazole rings is 1. The summed E-state index contributed by atoms with van der Waals surface area (Å²) in [6.07, 6.45) is 6.49. The predicted molar refractivity (Wildman–Crippen MR) is 96.4 cm³/mol. The van der Waals surface area contributed by atoms with Crippen LogP contribution in [-0.4, -0.2) is 74.3 Å². The molecule has 3 aliphatic heterocycles. The highest BCUT2D eigenvalue weighted by Crippen LogP contribution is 2.32. The van der Waals surface area contributed by atoms with Gasteiger partial charge < -0.3 is 19.4 Å². The van der Waals surface area contributed by atoms with E-state index >= 15 is 0 Å². The van der Waals surface area contributed by atoms with Crippen molar-refractivity contribution in [3.63, 3.8) is 0 Å².